The summed E-state index contributed by atoms with van der Waals surface area (Å²) in [6.07, 6.45) is 11.7. The van der Waals surface area contributed by atoms with E-state index in [9.17, 15) is 19.2 Å². The highest BCUT2D eigenvalue weighted by Gasteiger charge is 2.34. The van der Waals surface area contributed by atoms with Crippen molar-refractivity contribution in [2.45, 2.75) is 56.2 Å². The van der Waals surface area contributed by atoms with Gasteiger partial charge < -0.3 is 0 Å². The van der Waals surface area contributed by atoms with Gasteiger partial charge in [0.25, 0.3) is 0 Å². The summed E-state index contributed by atoms with van der Waals surface area (Å²) < 4.78 is 0. The van der Waals surface area contributed by atoms with Crippen LogP contribution < -0.4 is 0 Å². The molecule has 0 aromatic heterocycles. The van der Waals surface area contributed by atoms with Crippen molar-refractivity contribution in [3.63, 3.8) is 0 Å². The first kappa shape index (κ1) is 23.9. The summed E-state index contributed by atoms with van der Waals surface area (Å²) in [5.74, 6) is -0.0241. The molecule has 0 heterocycles. The minimum atomic E-state index is -0.911. The molecule has 0 amide bonds. The summed E-state index contributed by atoms with van der Waals surface area (Å²) in [5, 5.41) is 0. The summed E-state index contributed by atoms with van der Waals surface area (Å²) in [5.41, 5.74) is 0. The fourth-order valence-electron chi connectivity index (χ4n) is 2.77. The Labute approximate surface area is 158 Å². The number of nitrogens with zero attached hydrogens (tertiary/aromatic N) is 4. The number of hydrogen-bond acceptors (Lipinski definition) is 9. The number of aliphatic imine (C=N–C) groups is 4. The van der Waals surface area contributed by atoms with Crippen molar-refractivity contribution in [3.8, 4) is 0 Å². The highest BCUT2D eigenvalue weighted by molar-refractivity contribution is 7.81. The molecule has 0 bridgehead atoms. The van der Waals surface area contributed by atoms with Crippen LogP contribution in [-0.4, -0.2) is 48.8 Å². The van der Waals surface area contributed by atoms with Gasteiger partial charge in [-0.1, -0.05) is 12.8 Å². The van der Waals surface area contributed by atoms with Gasteiger partial charge in [0.05, 0.1) is 19.6 Å². The largest absolute Gasteiger partial charge is 0.236 e. The van der Waals surface area contributed by atoms with E-state index in [1.165, 1.54) is 18.2 Å². The second-order valence-electron chi connectivity index (χ2n) is 5.79. The number of thiol groups is 1. The van der Waals surface area contributed by atoms with Crippen LogP contribution in [0.4, 0.5) is 0 Å². The number of hydrogen-bond donors (Lipinski definition) is 1. The van der Waals surface area contributed by atoms with Crippen LogP contribution in [0.5, 0.6) is 0 Å². The minimum absolute atomic E-state index is 0.0241. The van der Waals surface area contributed by atoms with Gasteiger partial charge in [-0.05, 0) is 44.4 Å². The Morgan fingerprint density at radius 3 is 1.81 bits per heavy atom. The third-order valence-corrected chi connectivity index (χ3v) is 4.74. The van der Waals surface area contributed by atoms with Crippen molar-refractivity contribution in [2.24, 2.45) is 25.9 Å². The normalized spacial score (nSPS) is 13.1. The minimum Gasteiger partial charge on any atom is -0.211 e. The Bertz CT molecular complexity index is 590. The van der Waals surface area contributed by atoms with E-state index in [1.54, 1.807) is 6.08 Å². The van der Waals surface area contributed by atoms with Gasteiger partial charge in [0.15, 0.2) is 0 Å². The quantitative estimate of drug-likeness (QED) is 0.192. The fraction of sp³-hybridized carbons (Fsp3) is 0.765. The summed E-state index contributed by atoms with van der Waals surface area (Å²) >= 11 is 4.63. The molecule has 0 N–H and O–H groups in total. The van der Waals surface area contributed by atoms with E-state index in [0.717, 1.165) is 25.7 Å². The molecular weight excluding hydrogens is 356 g/mol. The molecule has 26 heavy (non-hydrogen) atoms. The highest BCUT2D eigenvalue weighted by atomic mass is 32.1. The first-order valence-corrected chi connectivity index (χ1v) is 9.01. The molecule has 0 aromatic carbocycles. The maximum absolute atomic E-state index is 10.9. The van der Waals surface area contributed by atoms with E-state index in [-0.39, 0.29) is 5.92 Å². The van der Waals surface area contributed by atoms with E-state index < -0.39 is 4.87 Å². The number of unbranched alkanes of at least 4 members (excludes halogenated alkanes) is 2. The number of carbonyl (C=O) groups excluding carboxylic acids is 4. The predicted octanol–water partition coefficient (Wildman–Crippen LogP) is 2.69. The van der Waals surface area contributed by atoms with E-state index in [4.69, 9.17) is 0 Å². The van der Waals surface area contributed by atoms with Crippen molar-refractivity contribution in [3.05, 3.63) is 0 Å². The van der Waals surface area contributed by atoms with Crippen LogP contribution in [0, 0.1) is 5.92 Å². The number of isocyanates is 4. The lowest BCUT2D eigenvalue weighted by molar-refractivity contribution is 0.307. The second kappa shape index (κ2) is 16.3. The maximum Gasteiger partial charge on any atom is 0.236 e. The summed E-state index contributed by atoms with van der Waals surface area (Å²) in [7, 11) is 0. The molecular formula is C17H24N4O4S. The third kappa shape index (κ3) is 11.4. The standard InChI is InChI=1S/C17H24N4O4S/c22-12-18-9-3-1-2-6-16(7-4-10-19-13-23)17(26,21-15-25)8-5-11-20-14-24/h16,26H,1-11H2. The average molecular weight is 380 g/mol. The van der Waals surface area contributed by atoms with Crippen LogP contribution in [0.15, 0.2) is 20.0 Å². The first-order valence-electron chi connectivity index (χ1n) is 8.57. The van der Waals surface area contributed by atoms with Gasteiger partial charge in [-0.3, -0.25) is 0 Å². The lowest BCUT2D eigenvalue weighted by atomic mass is 9.86. The van der Waals surface area contributed by atoms with Gasteiger partial charge in [0.1, 0.15) is 4.87 Å². The predicted molar refractivity (Wildman–Crippen MR) is 99.2 cm³/mol. The lowest BCUT2D eigenvalue weighted by Gasteiger charge is -2.32. The van der Waals surface area contributed by atoms with Gasteiger partial charge in [-0.25, -0.2) is 34.2 Å². The molecule has 8 nitrogen and oxygen atoms in total. The molecule has 0 radical (unpaired) electrons. The lowest BCUT2D eigenvalue weighted by Crippen LogP contribution is -2.31. The molecule has 0 spiro atoms. The topological polar surface area (TPSA) is 118 Å². The van der Waals surface area contributed by atoms with Crippen molar-refractivity contribution in [1.82, 2.24) is 0 Å². The van der Waals surface area contributed by atoms with Crippen LogP contribution in [0.1, 0.15) is 51.4 Å². The Morgan fingerprint density at radius 2 is 1.23 bits per heavy atom. The van der Waals surface area contributed by atoms with E-state index in [1.807, 2.05) is 0 Å². The SMILES string of the molecule is O=C=NCCCCCC(CCCN=C=O)C(S)(CCCN=C=O)N=C=O. The molecule has 9 heteroatoms. The molecule has 0 aliphatic carbocycles. The molecule has 0 rings (SSSR count). The van der Waals surface area contributed by atoms with Crippen molar-refractivity contribution in [1.29, 1.82) is 0 Å². The smallest absolute Gasteiger partial charge is 0.211 e. The second-order valence-corrected chi connectivity index (χ2v) is 6.57. The zero-order valence-electron chi connectivity index (χ0n) is 14.7. The van der Waals surface area contributed by atoms with Crippen LogP contribution in [0.3, 0.4) is 0 Å². The Balaban J connectivity index is 4.87. The molecule has 2 atom stereocenters. The van der Waals surface area contributed by atoms with Gasteiger partial charge in [-0.2, -0.15) is 4.99 Å². The Hall–Kier alpha value is -2.13. The van der Waals surface area contributed by atoms with Crippen molar-refractivity contribution >= 4 is 36.9 Å². The van der Waals surface area contributed by atoms with Crippen LogP contribution in [0.2, 0.25) is 0 Å². The van der Waals surface area contributed by atoms with Crippen LogP contribution in [-0.2, 0) is 19.2 Å². The molecule has 142 valence electrons. The molecule has 0 saturated heterocycles. The molecule has 0 aliphatic heterocycles. The Morgan fingerprint density at radius 1 is 0.692 bits per heavy atom. The monoisotopic (exact) mass is 380 g/mol. The summed E-state index contributed by atoms with van der Waals surface area (Å²) in [6.45, 7) is 1.11. The first-order chi connectivity index (χ1) is 12.6. The van der Waals surface area contributed by atoms with Crippen molar-refractivity contribution in [2.75, 3.05) is 19.6 Å². The van der Waals surface area contributed by atoms with Crippen LogP contribution in [0.25, 0.3) is 0 Å². The van der Waals surface area contributed by atoms with Crippen LogP contribution >= 0.6 is 12.6 Å². The molecule has 0 aromatic rings. The zero-order chi connectivity index (χ0) is 19.5. The fourth-order valence-corrected chi connectivity index (χ4v) is 3.22. The molecule has 0 fully saturated rings. The molecule has 0 saturated carbocycles. The summed E-state index contributed by atoms with van der Waals surface area (Å²) in [6, 6.07) is 0. The van der Waals surface area contributed by atoms with E-state index in [2.05, 4.69) is 32.6 Å². The van der Waals surface area contributed by atoms with E-state index in [0.29, 0.717) is 45.3 Å². The molecule has 2 unspecified atom stereocenters. The van der Waals surface area contributed by atoms with Crippen molar-refractivity contribution < 1.29 is 19.2 Å². The van der Waals surface area contributed by atoms with Gasteiger partial charge in [0, 0.05) is 0 Å². The van der Waals surface area contributed by atoms with Gasteiger partial charge in [0.2, 0.25) is 24.3 Å². The Kier molecular flexibility index (Phi) is 15.0. The summed E-state index contributed by atoms with van der Waals surface area (Å²) in [4.78, 5) is 54.9. The third-order valence-electron chi connectivity index (χ3n) is 4.05. The molecule has 0 aliphatic rings. The average Bonchev–Trinajstić information content (AvgIpc) is 2.63. The van der Waals surface area contributed by atoms with Gasteiger partial charge >= 0.3 is 0 Å². The van der Waals surface area contributed by atoms with E-state index >= 15 is 0 Å². The zero-order valence-corrected chi connectivity index (χ0v) is 15.6. The van der Waals surface area contributed by atoms with Gasteiger partial charge in [-0.15, -0.1) is 12.6 Å². The highest BCUT2D eigenvalue weighted by Crippen LogP contribution is 2.38. The number of rotatable bonds is 16. The maximum atomic E-state index is 10.9.